The van der Waals surface area contributed by atoms with Gasteiger partial charge < -0.3 is 9.64 Å². The predicted molar refractivity (Wildman–Crippen MR) is 92.7 cm³/mol. The number of para-hydroxylation sites is 1. The molecule has 2 aromatic carbocycles. The Morgan fingerprint density at radius 2 is 1.85 bits per heavy atom. The first kappa shape index (κ1) is 17.9. The van der Waals surface area contributed by atoms with Crippen LogP contribution in [0.1, 0.15) is 15.4 Å². The molecule has 0 bridgehead atoms. The van der Waals surface area contributed by atoms with Crippen molar-refractivity contribution in [1.82, 2.24) is 9.88 Å². The van der Waals surface area contributed by atoms with Gasteiger partial charge in [-0.15, -0.1) is 11.3 Å². The summed E-state index contributed by atoms with van der Waals surface area (Å²) in [6.45, 7) is -0.261. The number of halogens is 2. The first-order valence-electron chi connectivity index (χ1n) is 7.64. The van der Waals surface area contributed by atoms with Crippen LogP contribution in [0.5, 0.6) is 0 Å². The lowest BCUT2D eigenvalue weighted by Gasteiger charge is -2.15. The molecule has 8 heteroatoms. The minimum Gasteiger partial charge on any atom is -0.452 e. The van der Waals surface area contributed by atoms with Gasteiger partial charge in [0.2, 0.25) is 0 Å². The number of ether oxygens (including phenoxy) is 1. The Hall–Kier alpha value is -2.87. The highest BCUT2D eigenvalue weighted by Crippen LogP contribution is 2.22. The molecular weight excluding hydrogens is 362 g/mol. The molecule has 0 radical (unpaired) electrons. The zero-order valence-electron chi connectivity index (χ0n) is 13.7. The highest BCUT2D eigenvalue weighted by atomic mass is 32.1. The van der Waals surface area contributed by atoms with E-state index in [2.05, 4.69) is 4.98 Å². The number of hydrogen-bond donors (Lipinski definition) is 0. The van der Waals surface area contributed by atoms with Gasteiger partial charge in [-0.25, -0.2) is 18.6 Å². The van der Waals surface area contributed by atoms with E-state index >= 15 is 0 Å². The van der Waals surface area contributed by atoms with Gasteiger partial charge in [0.25, 0.3) is 5.91 Å². The minimum absolute atomic E-state index is 0.268. The Morgan fingerprint density at radius 1 is 1.15 bits per heavy atom. The molecule has 0 saturated carbocycles. The van der Waals surface area contributed by atoms with Gasteiger partial charge in [-0.1, -0.05) is 12.1 Å². The molecule has 1 amide bonds. The Bertz CT molecular complexity index is 921. The summed E-state index contributed by atoms with van der Waals surface area (Å²) < 4.78 is 32.1. The molecule has 1 aromatic heterocycles. The standard InChI is InChI=1S/C18H14F2N2O3S/c1-22(9-16-21-14-4-2-3-5-15(14)26-16)17(23)10-25-18(24)11-6-12(19)8-13(20)7-11/h2-8H,9-10H2,1H3. The van der Waals surface area contributed by atoms with E-state index in [0.717, 1.165) is 27.4 Å². The molecule has 1 heterocycles. The molecule has 0 aliphatic heterocycles. The van der Waals surface area contributed by atoms with E-state index in [1.54, 1.807) is 7.05 Å². The summed E-state index contributed by atoms with van der Waals surface area (Å²) in [6.07, 6.45) is 0. The molecule has 0 saturated heterocycles. The molecule has 0 N–H and O–H groups in total. The topological polar surface area (TPSA) is 59.5 Å². The summed E-state index contributed by atoms with van der Waals surface area (Å²) in [5.41, 5.74) is 0.567. The molecular formula is C18H14F2N2O3S. The fraction of sp³-hybridized carbons (Fsp3) is 0.167. The van der Waals surface area contributed by atoms with Crippen molar-refractivity contribution in [1.29, 1.82) is 0 Å². The van der Waals surface area contributed by atoms with Crippen LogP contribution in [0.25, 0.3) is 10.2 Å². The third-order valence-corrected chi connectivity index (χ3v) is 4.58. The number of likely N-dealkylation sites (N-methyl/N-ethyl adjacent to an activating group) is 1. The Labute approximate surface area is 151 Å². The van der Waals surface area contributed by atoms with E-state index < -0.39 is 30.1 Å². The van der Waals surface area contributed by atoms with E-state index in [9.17, 15) is 18.4 Å². The Morgan fingerprint density at radius 3 is 2.54 bits per heavy atom. The number of esters is 1. The number of benzene rings is 2. The summed E-state index contributed by atoms with van der Waals surface area (Å²) in [5.74, 6) is -3.20. The van der Waals surface area contributed by atoms with Gasteiger partial charge in [-0.05, 0) is 24.3 Å². The number of carbonyl (C=O) groups excluding carboxylic acids is 2. The van der Waals surface area contributed by atoms with Gasteiger partial charge >= 0.3 is 5.97 Å². The van der Waals surface area contributed by atoms with Gasteiger partial charge in [0.1, 0.15) is 16.6 Å². The molecule has 0 spiro atoms. The van der Waals surface area contributed by atoms with E-state index in [4.69, 9.17) is 4.74 Å². The minimum atomic E-state index is -0.967. The number of carbonyl (C=O) groups is 2. The number of thiazole rings is 1. The van der Waals surface area contributed by atoms with Crippen molar-refractivity contribution in [2.45, 2.75) is 6.54 Å². The van der Waals surface area contributed by atoms with Crippen molar-refractivity contribution >= 4 is 33.4 Å². The number of nitrogens with zero attached hydrogens (tertiary/aromatic N) is 2. The highest BCUT2D eigenvalue weighted by molar-refractivity contribution is 7.18. The molecule has 26 heavy (non-hydrogen) atoms. The van der Waals surface area contributed by atoms with Crippen molar-refractivity contribution in [2.75, 3.05) is 13.7 Å². The molecule has 3 aromatic rings. The summed E-state index contributed by atoms with van der Waals surface area (Å²) in [5, 5.41) is 0.751. The summed E-state index contributed by atoms with van der Waals surface area (Å²) in [6, 6.07) is 9.97. The number of amides is 1. The SMILES string of the molecule is CN(Cc1nc2ccccc2s1)C(=O)COC(=O)c1cc(F)cc(F)c1. The van der Waals surface area contributed by atoms with Crippen LogP contribution in [0.4, 0.5) is 8.78 Å². The average molecular weight is 376 g/mol. The Balaban J connectivity index is 1.57. The lowest BCUT2D eigenvalue weighted by Crippen LogP contribution is -2.30. The monoisotopic (exact) mass is 376 g/mol. The fourth-order valence-corrected chi connectivity index (χ4v) is 3.29. The van der Waals surface area contributed by atoms with Crippen LogP contribution >= 0.6 is 11.3 Å². The van der Waals surface area contributed by atoms with Crippen LogP contribution in [0.2, 0.25) is 0 Å². The molecule has 0 unspecified atom stereocenters. The Kier molecular flexibility index (Phi) is 5.22. The van der Waals surface area contributed by atoms with E-state index in [-0.39, 0.29) is 12.1 Å². The predicted octanol–water partition coefficient (Wildman–Crippen LogP) is 3.39. The molecule has 0 aliphatic rings. The first-order valence-corrected chi connectivity index (χ1v) is 8.45. The molecule has 5 nitrogen and oxygen atoms in total. The van der Waals surface area contributed by atoms with E-state index in [1.807, 2.05) is 24.3 Å². The zero-order valence-corrected chi connectivity index (χ0v) is 14.6. The van der Waals surface area contributed by atoms with Crippen molar-refractivity contribution in [3.8, 4) is 0 Å². The summed E-state index contributed by atoms with van der Waals surface area (Å²) in [7, 11) is 1.56. The maximum Gasteiger partial charge on any atom is 0.338 e. The second kappa shape index (κ2) is 7.57. The second-order valence-corrected chi connectivity index (χ2v) is 6.67. The molecule has 3 rings (SSSR count). The lowest BCUT2D eigenvalue weighted by atomic mass is 10.2. The van der Waals surface area contributed by atoms with Crippen LogP contribution < -0.4 is 0 Å². The van der Waals surface area contributed by atoms with Crippen LogP contribution in [0, 0.1) is 11.6 Å². The lowest BCUT2D eigenvalue weighted by molar-refractivity contribution is -0.133. The van der Waals surface area contributed by atoms with Gasteiger partial charge in [0.15, 0.2) is 6.61 Å². The van der Waals surface area contributed by atoms with Crippen LogP contribution in [0.15, 0.2) is 42.5 Å². The van der Waals surface area contributed by atoms with Crippen molar-refractivity contribution < 1.29 is 23.1 Å². The molecule has 0 atom stereocenters. The third kappa shape index (κ3) is 4.20. The van der Waals surface area contributed by atoms with Gasteiger partial charge in [0.05, 0.1) is 22.3 Å². The van der Waals surface area contributed by atoms with Crippen molar-refractivity contribution in [2.24, 2.45) is 0 Å². The number of hydrogen-bond acceptors (Lipinski definition) is 5. The van der Waals surface area contributed by atoms with Crippen molar-refractivity contribution in [3.63, 3.8) is 0 Å². The number of rotatable bonds is 5. The van der Waals surface area contributed by atoms with Gasteiger partial charge in [-0.3, -0.25) is 4.79 Å². The maximum atomic E-state index is 13.1. The largest absolute Gasteiger partial charge is 0.452 e. The number of aromatic nitrogens is 1. The first-order chi connectivity index (χ1) is 12.4. The molecule has 134 valence electrons. The van der Waals surface area contributed by atoms with Gasteiger partial charge in [0, 0.05) is 13.1 Å². The fourth-order valence-electron chi connectivity index (χ4n) is 2.27. The zero-order chi connectivity index (χ0) is 18.7. The average Bonchev–Trinajstić information content (AvgIpc) is 3.00. The molecule has 0 aliphatic carbocycles. The van der Waals surface area contributed by atoms with Crippen LogP contribution in [-0.4, -0.2) is 35.4 Å². The van der Waals surface area contributed by atoms with Gasteiger partial charge in [-0.2, -0.15) is 0 Å². The van der Waals surface area contributed by atoms with Crippen LogP contribution in [-0.2, 0) is 16.1 Å². The van der Waals surface area contributed by atoms with Crippen LogP contribution in [0.3, 0.4) is 0 Å². The van der Waals surface area contributed by atoms with E-state index in [0.29, 0.717) is 6.07 Å². The van der Waals surface area contributed by atoms with Crippen molar-refractivity contribution in [3.05, 3.63) is 64.7 Å². The second-order valence-electron chi connectivity index (χ2n) is 5.56. The summed E-state index contributed by atoms with van der Waals surface area (Å²) in [4.78, 5) is 29.7. The number of fused-ring (bicyclic) bond motifs is 1. The molecule has 0 fully saturated rings. The normalized spacial score (nSPS) is 10.7. The highest BCUT2D eigenvalue weighted by Gasteiger charge is 2.16. The maximum absolute atomic E-state index is 13.1. The van der Waals surface area contributed by atoms with E-state index in [1.165, 1.54) is 16.2 Å². The quantitative estimate of drug-likeness (QED) is 0.641. The smallest absolute Gasteiger partial charge is 0.338 e. The third-order valence-electron chi connectivity index (χ3n) is 3.56. The summed E-state index contributed by atoms with van der Waals surface area (Å²) >= 11 is 1.47.